The average molecular weight is 464 g/mol. The van der Waals surface area contributed by atoms with Crippen LogP contribution in [0, 0.1) is 6.92 Å². The number of imidazole rings is 1. The summed E-state index contributed by atoms with van der Waals surface area (Å²) in [5.74, 6) is 1.78. The van der Waals surface area contributed by atoms with E-state index in [1.165, 1.54) is 21.8 Å². The third-order valence-electron chi connectivity index (χ3n) is 6.18. The molecule has 4 heterocycles. The minimum Gasteiger partial charge on any atom is -0.495 e. The zero-order valence-corrected chi connectivity index (χ0v) is 20.1. The molecular weight excluding hydrogens is 434 g/mol. The number of nitrogens with zero attached hydrogens (tertiary/aromatic N) is 5. The Bertz CT molecular complexity index is 1200. The Morgan fingerprint density at radius 1 is 1.30 bits per heavy atom. The maximum absolute atomic E-state index is 5.70. The summed E-state index contributed by atoms with van der Waals surface area (Å²) in [4.78, 5) is 17.2. The molecule has 2 aliphatic rings. The smallest absolute Gasteiger partial charge is 0.171 e. The molecule has 0 unspecified atom stereocenters. The largest absolute Gasteiger partial charge is 0.495 e. The van der Waals surface area contributed by atoms with E-state index in [0.29, 0.717) is 6.61 Å². The number of hydrogen-bond donors (Lipinski definition) is 0. The molecule has 0 saturated heterocycles. The summed E-state index contributed by atoms with van der Waals surface area (Å²) in [5.41, 5.74) is 5.50. The van der Waals surface area contributed by atoms with Crippen LogP contribution in [-0.2, 0) is 24.1 Å². The predicted octanol–water partition coefficient (Wildman–Crippen LogP) is 4.34. The highest BCUT2D eigenvalue weighted by atomic mass is 32.1. The summed E-state index contributed by atoms with van der Waals surface area (Å²) < 4.78 is 7.69. The molecule has 33 heavy (non-hydrogen) atoms. The van der Waals surface area contributed by atoms with Crippen molar-refractivity contribution < 1.29 is 9.57 Å². The summed E-state index contributed by atoms with van der Waals surface area (Å²) in [6.07, 6.45) is 9.76. The van der Waals surface area contributed by atoms with Gasteiger partial charge in [-0.2, -0.15) is 0 Å². The van der Waals surface area contributed by atoms with Gasteiger partial charge >= 0.3 is 0 Å². The SMILES string of the molecule is CCc1csc(C[C@H]2CON=C3C(Cc4ccc(-n5cnc(C)c5)c(OC)c4)=CCCN32)n1. The van der Waals surface area contributed by atoms with Gasteiger partial charge in [0.05, 0.1) is 41.6 Å². The standard InChI is InChI=1S/C25H29N5O2S/c1-4-20-15-33-24(27-20)12-21-14-32-28-25-19(6-5-9-30(21)25)10-18-7-8-22(23(11-18)31-3)29-13-17(2)26-16-29/h6-8,11,13,15-16,21H,4-5,9-10,12,14H2,1-3H3/t21-/m0/s1. The summed E-state index contributed by atoms with van der Waals surface area (Å²) in [7, 11) is 1.71. The number of fused-ring (bicyclic) bond motifs is 1. The summed E-state index contributed by atoms with van der Waals surface area (Å²) in [6.45, 7) is 5.69. The molecule has 5 rings (SSSR count). The predicted molar refractivity (Wildman–Crippen MR) is 130 cm³/mol. The highest BCUT2D eigenvalue weighted by Crippen LogP contribution is 2.29. The van der Waals surface area contributed by atoms with Crippen molar-refractivity contribution in [3.8, 4) is 11.4 Å². The normalized spacial score (nSPS) is 17.8. The van der Waals surface area contributed by atoms with Crippen LogP contribution in [0.2, 0.25) is 0 Å². The van der Waals surface area contributed by atoms with Crippen molar-refractivity contribution in [1.82, 2.24) is 19.4 Å². The van der Waals surface area contributed by atoms with Crippen LogP contribution in [0.5, 0.6) is 5.75 Å². The number of ether oxygens (including phenoxy) is 1. The van der Waals surface area contributed by atoms with Crippen molar-refractivity contribution in [3.05, 3.63) is 69.7 Å². The molecule has 0 saturated carbocycles. The highest BCUT2D eigenvalue weighted by Gasteiger charge is 2.32. The third kappa shape index (κ3) is 4.53. The number of hydrogen-bond acceptors (Lipinski definition) is 7. The fraction of sp³-hybridized carbons (Fsp3) is 0.400. The lowest BCUT2D eigenvalue weighted by Crippen LogP contribution is -2.49. The molecule has 8 heteroatoms. The van der Waals surface area contributed by atoms with Gasteiger partial charge in [-0.05, 0) is 43.0 Å². The second-order valence-corrected chi connectivity index (χ2v) is 9.41. The van der Waals surface area contributed by atoms with Gasteiger partial charge in [-0.15, -0.1) is 11.3 Å². The lowest BCUT2D eigenvalue weighted by Gasteiger charge is -2.39. The van der Waals surface area contributed by atoms with Crippen molar-refractivity contribution >= 4 is 17.2 Å². The zero-order chi connectivity index (χ0) is 22.8. The lowest BCUT2D eigenvalue weighted by molar-refractivity contribution is 0.0603. The first-order valence-electron chi connectivity index (χ1n) is 11.4. The molecule has 3 aromatic rings. The first-order chi connectivity index (χ1) is 16.1. The van der Waals surface area contributed by atoms with Crippen LogP contribution in [0.25, 0.3) is 5.69 Å². The Morgan fingerprint density at radius 3 is 2.97 bits per heavy atom. The van der Waals surface area contributed by atoms with Gasteiger partial charge in [-0.1, -0.05) is 24.2 Å². The van der Waals surface area contributed by atoms with E-state index < -0.39 is 0 Å². The highest BCUT2D eigenvalue weighted by molar-refractivity contribution is 7.09. The van der Waals surface area contributed by atoms with E-state index in [4.69, 9.17) is 14.6 Å². The Kier molecular flexibility index (Phi) is 6.17. The Morgan fingerprint density at radius 2 is 2.21 bits per heavy atom. The van der Waals surface area contributed by atoms with Gasteiger partial charge in [-0.25, -0.2) is 9.97 Å². The molecule has 0 amide bonds. The van der Waals surface area contributed by atoms with Crippen LogP contribution >= 0.6 is 11.3 Å². The molecule has 7 nitrogen and oxygen atoms in total. The van der Waals surface area contributed by atoms with Gasteiger partial charge in [0.25, 0.3) is 0 Å². The minimum atomic E-state index is 0.262. The molecule has 1 aromatic carbocycles. The van der Waals surface area contributed by atoms with Crippen molar-refractivity contribution in [2.75, 3.05) is 20.3 Å². The lowest BCUT2D eigenvalue weighted by atomic mass is 9.97. The van der Waals surface area contributed by atoms with Gasteiger partial charge in [0.2, 0.25) is 0 Å². The molecule has 0 N–H and O–H groups in total. The number of oxime groups is 1. The molecule has 0 spiro atoms. The molecule has 2 aliphatic heterocycles. The van der Waals surface area contributed by atoms with Crippen molar-refractivity contribution in [3.63, 3.8) is 0 Å². The van der Waals surface area contributed by atoms with E-state index in [1.54, 1.807) is 18.4 Å². The molecule has 172 valence electrons. The van der Waals surface area contributed by atoms with Crippen LogP contribution in [0.1, 0.15) is 35.3 Å². The Balaban J connectivity index is 1.34. The van der Waals surface area contributed by atoms with Gasteiger partial charge in [-0.3, -0.25) is 0 Å². The zero-order valence-electron chi connectivity index (χ0n) is 19.3. The molecule has 2 aromatic heterocycles. The van der Waals surface area contributed by atoms with Crippen molar-refractivity contribution in [1.29, 1.82) is 0 Å². The van der Waals surface area contributed by atoms with Gasteiger partial charge in [0.1, 0.15) is 12.4 Å². The molecule has 0 radical (unpaired) electrons. The summed E-state index contributed by atoms with van der Waals surface area (Å²) in [5, 5.41) is 7.80. The number of rotatable bonds is 7. The quantitative estimate of drug-likeness (QED) is 0.522. The Labute approximate surface area is 198 Å². The number of benzene rings is 1. The molecule has 0 fully saturated rings. The third-order valence-corrected chi connectivity index (χ3v) is 7.10. The first-order valence-corrected chi connectivity index (χ1v) is 12.3. The van der Waals surface area contributed by atoms with E-state index >= 15 is 0 Å². The minimum absolute atomic E-state index is 0.262. The van der Waals surface area contributed by atoms with E-state index in [-0.39, 0.29) is 6.04 Å². The fourth-order valence-electron chi connectivity index (χ4n) is 4.45. The molecule has 0 aliphatic carbocycles. The number of methoxy groups -OCH3 is 1. The van der Waals surface area contributed by atoms with Crippen LogP contribution in [0.3, 0.4) is 0 Å². The topological polar surface area (TPSA) is 64.8 Å². The number of aromatic nitrogens is 3. The molecule has 0 bridgehead atoms. The number of thiazole rings is 1. The first kappa shape index (κ1) is 21.7. The van der Waals surface area contributed by atoms with Gasteiger partial charge in [0.15, 0.2) is 5.84 Å². The van der Waals surface area contributed by atoms with Crippen molar-refractivity contribution in [2.45, 2.75) is 45.6 Å². The summed E-state index contributed by atoms with van der Waals surface area (Å²) in [6, 6.07) is 6.61. The van der Waals surface area contributed by atoms with E-state index in [9.17, 15) is 0 Å². The van der Waals surface area contributed by atoms with E-state index in [0.717, 1.165) is 55.2 Å². The van der Waals surface area contributed by atoms with Crippen LogP contribution in [0.15, 0.2) is 52.9 Å². The molecular formula is C25H29N5O2S. The van der Waals surface area contributed by atoms with Crippen LogP contribution in [-0.4, -0.2) is 51.6 Å². The van der Waals surface area contributed by atoms with Crippen LogP contribution in [0.4, 0.5) is 0 Å². The monoisotopic (exact) mass is 463 g/mol. The second kappa shape index (κ2) is 9.39. The van der Waals surface area contributed by atoms with E-state index in [1.807, 2.05) is 24.0 Å². The Hall–Kier alpha value is -3.13. The number of aryl methyl sites for hydroxylation is 2. The second-order valence-electron chi connectivity index (χ2n) is 8.47. The molecule has 1 atom stereocenters. The van der Waals surface area contributed by atoms with Crippen molar-refractivity contribution in [2.24, 2.45) is 5.16 Å². The summed E-state index contributed by atoms with van der Waals surface area (Å²) >= 11 is 1.75. The fourth-order valence-corrected chi connectivity index (χ4v) is 5.40. The maximum Gasteiger partial charge on any atom is 0.171 e. The maximum atomic E-state index is 5.70. The van der Waals surface area contributed by atoms with E-state index in [2.05, 4.69) is 51.6 Å². The van der Waals surface area contributed by atoms with Gasteiger partial charge in [0, 0.05) is 31.0 Å². The average Bonchev–Trinajstić information content (AvgIpc) is 3.48. The van der Waals surface area contributed by atoms with Gasteiger partial charge < -0.3 is 19.0 Å². The van der Waals surface area contributed by atoms with Crippen LogP contribution < -0.4 is 4.74 Å². The number of amidine groups is 1.